The van der Waals surface area contributed by atoms with Crippen LogP contribution in [-0.4, -0.2) is 44.5 Å². The van der Waals surface area contributed by atoms with Crippen molar-refractivity contribution in [3.05, 3.63) is 70.8 Å². The van der Waals surface area contributed by atoms with Gasteiger partial charge in [0.2, 0.25) is 5.88 Å². The fourth-order valence-corrected chi connectivity index (χ4v) is 3.68. The molecule has 0 bridgehead atoms. The first-order chi connectivity index (χ1) is 16.7. The van der Waals surface area contributed by atoms with E-state index in [0.29, 0.717) is 49.9 Å². The van der Waals surface area contributed by atoms with Crippen LogP contribution in [0.5, 0.6) is 5.88 Å². The number of methoxy groups -OCH3 is 1. The minimum Gasteiger partial charge on any atom is -0.481 e. The molecule has 0 aromatic carbocycles. The van der Waals surface area contributed by atoms with Crippen LogP contribution in [0, 0.1) is 0 Å². The van der Waals surface area contributed by atoms with Gasteiger partial charge < -0.3 is 19.8 Å². The Morgan fingerprint density at radius 3 is 2.66 bits per heavy atom. The number of carbonyl (C=O) groups is 2. The summed E-state index contributed by atoms with van der Waals surface area (Å²) >= 11 is 6.11. The van der Waals surface area contributed by atoms with E-state index in [1.165, 1.54) is 13.3 Å². The number of carbonyl (C=O) groups excluding carboxylic acids is 2. The van der Waals surface area contributed by atoms with Gasteiger partial charge in [-0.15, -0.1) is 0 Å². The van der Waals surface area contributed by atoms with E-state index in [-0.39, 0.29) is 12.3 Å². The summed E-state index contributed by atoms with van der Waals surface area (Å²) in [5.41, 5.74) is 2.29. The first-order valence-electron chi connectivity index (χ1n) is 10.8. The Labute approximate surface area is 206 Å². The molecule has 10 heteroatoms. The van der Waals surface area contributed by atoms with E-state index in [2.05, 4.69) is 25.3 Å². The van der Waals surface area contributed by atoms with E-state index in [1.807, 2.05) is 0 Å². The fourth-order valence-electron chi connectivity index (χ4n) is 3.53. The van der Waals surface area contributed by atoms with E-state index >= 15 is 0 Å². The predicted molar refractivity (Wildman–Crippen MR) is 132 cm³/mol. The molecule has 0 saturated heterocycles. The molecule has 180 valence electrons. The van der Waals surface area contributed by atoms with Crippen molar-refractivity contribution in [3.8, 4) is 17.1 Å². The molecule has 0 aliphatic rings. The number of aromatic amines is 1. The molecule has 0 saturated carbocycles. The number of halogens is 1. The lowest BCUT2D eigenvalue weighted by Gasteiger charge is -2.19. The normalized spacial score (nSPS) is 11.3. The summed E-state index contributed by atoms with van der Waals surface area (Å²) in [5.74, 6) is 0.0326. The Kier molecular flexibility index (Phi) is 6.70. The lowest BCUT2D eigenvalue weighted by Crippen LogP contribution is -2.32. The average Bonchev–Trinajstić information content (AvgIpc) is 3.24. The molecule has 0 fully saturated rings. The number of rotatable bonds is 6. The van der Waals surface area contributed by atoms with E-state index in [4.69, 9.17) is 21.1 Å². The second kappa shape index (κ2) is 9.71. The smallest absolute Gasteiger partial charge is 0.407 e. The second-order valence-corrected chi connectivity index (χ2v) is 9.17. The third-order valence-corrected chi connectivity index (χ3v) is 5.19. The zero-order valence-corrected chi connectivity index (χ0v) is 20.4. The number of ketones is 1. The van der Waals surface area contributed by atoms with Crippen molar-refractivity contribution in [1.29, 1.82) is 0 Å². The molecule has 2 N–H and O–H groups in total. The van der Waals surface area contributed by atoms with Crippen LogP contribution in [-0.2, 0) is 11.3 Å². The van der Waals surface area contributed by atoms with E-state index in [9.17, 15) is 9.59 Å². The zero-order chi connectivity index (χ0) is 25.2. The second-order valence-electron chi connectivity index (χ2n) is 8.74. The molecule has 9 nitrogen and oxygen atoms in total. The average molecular weight is 494 g/mol. The van der Waals surface area contributed by atoms with Crippen molar-refractivity contribution < 1.29 is 19.1 Å². The standard InChI is InChI=1S/C25H24ClN5O4/c1-25(2,3)35-24(33)31-11-14-8-18(23(34-4)30-10-14)20-16(6-5-7-27-20)21(32)19-13-29-22-17(19)9-15(26)12-28-22/h5-10,12-13H,11H2,1-4H3,(H,28,29)(H,31,33). The molecule has 0 aliphatic heterocycles. The van der Waals surface area contributed by atoms with Crippen LogP contribution >= 0.6 is 11.6 Å². The summed E-state index contributed by atoms with van der Waals surface area (Å²) in [5, 5.41) is 3.74. The Bertz CT molecular complexity index is 1410. The van der Waals surface area contributed by atoms with Gasteiger partial charge in [-0.3, -0.25) is 9.78 Å². The van der Waals surface area contributed by atoms with Crippen molar-refractivity contribution in [2.75, 3.05) is 7.11 Å². The number of amides is 1. The molecule has 0 aliphatic carbocycles. The zero-order valence-electron chi connectivity index (χ0n) is 19.7. The number of nitrogens with zero attached hydrogens (tertiary/aromatic N) is 3. The molecule has 35 heavy (non-hydrogen) atoms. The number of fused-ring (bicyclic) bond motifs is 1. The van der Waals surface area contributed by atoms with Gasteiger partial charge in [-0.1, -0.05) is 11.6 Å². The van der Waals surface area contributed by atoms with Crippen LogP contribution in [0.1, 0.15) is 42.3 Å². The number of hydrogen-bond acceptors (Lipinski definition) is 7. The van der Waals surface area contributed by atoms with Crippen LogP contribution in [0.25, 0.3) is 22.3 Å². The number of hydrogen-bond donors (Lipinski definition) is 2. The Morgan fingerprint density at radius 2 is 1.91 bits per heavy atom. The van der Waals surface area contributed by atoms with Gasteiger partial charge in [-0.2, -0.15) is 0 Å². The number of ether oxygens (including phenoxy) is 2. The highest BCUT2D eigenvalue weighted by atomic mass is 35.5. The summed E-state index contributed by atoms with van der Waals surface area (Å²) < 4.78 is 10.7. The van der Waals surface area contributed by atoms with Crippen LogP contribution < -0.4 is 10.1 Å². The number of pyridine rings is 3. The fraction of sp³-hybridized carbons (Fsp3) is 0.240. The van der Waals surface area contributed by atoms with Gasteiger partial charge in [-0.05, 0) is 50.6 Å². The summed E-state index contributed by atoms with van der Waals surface area (Å²) in [6, 6.07) is 6.84. The van der Waals surface area contributed by atoms with Gasteiger partial charge >= 0.3 is 6.09 Å². The first kappa shape index (κ1) is 24.2. The summed E-state index contributed by atoms with van der Waals surface area (Å²) in [4.78, 5) is 41.7. The van der Waals surface area contributed by atoms with Crippen LogP contribution in [0.2, 0.25) is 5.02 Å². The van der Waals surface area contributed by atoms with E-state index < -0.39 is 11.7 Å². The Balaban J connectivity index is 1.70. The molecule has 0 atom stereocenters. The van der Waals surface area contributed by atoms with E-state index in [1.54, 1.807) is 63.6 Å². The molecule has 4 aromatic rings. The van der Waals surface area contributed by atoms with Crippen molar-refractivity contribution in [2.45, 2.75) is 32.9 Å². The van der Waals surface area contributed by atoms with Gasteiger partial charge in [0.05, 0.1) is 23.4 Å². The Hall–Kier alpha value is -3.98. The quantitative estimate of drug-likeness (QED) is 0.365. The van der Waals surface area contributed by atoms with Gasteiger partial charge in [-0.25, -0.2) is 14.8 Å². The molecular weight excluding hydrogens is 470 g/mol. The maximum absolute atomic E-state index is 13.6. The first-order valence-corrected chi connectivity index (χ1v) is 11.2. The van der Waals surface area contributed by atoms with Crippen LogP contribution in [0.4, 0.5) is 4.79 Å². The van der Waals surface area contributed by atoms with Gasteiger partial charge in [0, 0.05) is 47.8 Å². The van der Waals surface area contributed by atoms with Gasteiger partial charge in [0.1, 0.15) is 11.2 Å². The third kappa shape index (κ3) is 5.41. The topological polar surface area (TPSA) is 119 Å². The predicted octanol–water partition coefficient (Wildman–Crippen LogP) is 4.94. The summed E-state index contributed by atoms with van der Waals surface area (Å²) in [7, 11) is 1.49. The maximum Gasteiger partial charge on any atom is 0.407 e. The molecule has 0 unspecified atom stereocenters. The molecule has 1 amide bonds. The van der Waals surface area contributed by atoms with Crippen molar-refractivity contribution >= 4 is 34.5 Å². The minimum absolute atomic E-state index is 0.168. The SMILES string of the molecule is COc1ncc(CNC(=O)OC(C)(C)C)cc1-c1ncccc1C(=O)c1c[nH]c2ncc(Cl)cc12. The Morgan fingerprint density at radius 1 is 1.11 bits per heavy atom. The highest BCUT2D eigenvalue weighted by Gasteiger charge is 2.22. The van der Waals surface area contributed by atoms with Crippen molar-refractivity contribution in [3.63, 3.8) is 0 Å². The van der Waals surface area contributed by atoms with Gasteiger partial charge in [0.25, 0.3) is 0 Å². The monoisotopic (exact) mass is 493 g/mol. The van der Waals surface area contributed by atoms with Crippen molar-refractivity contribution in [2.24, 2.45) is 0 Å². The third-order valence-electron chi connectivity index (χ3n) is 4.99. The van der Waals surface area contributed by atoms with Gasteiger partial charge in [0.15, 0.2) is 5.78 Å². The van der Waals surface area contributed by atoms with Crippen molar-refractivity contribution in [1.82, 2.24) is 25.3 Å². The largest absolute Gasteiger partial charge is 0.481 e. The molecule has 0 spiro atoms. The van der Waals surface area contributed by atoms with Crippen LogP contribution in [0.15, 0.2) is 49.1 Å². The molecule has 4 aromatic heterocycles. The number of alkyl carbamates (subject to hydrolysis) is 1. The minimum atomic E-state index is -0.612. The lowest BCUT2D eigenvalue weighted by atomic mass is 9.98. The number of aromatic nitrogens is 4. The van der Waals surface area contributed by atoms with Crippen LogP contribution in [0.3, 0.4) is 0 Å². The highest BCUT2D eigenvalue weighted by molar-refractivity contribution is 6.31. The molecule has 4 rings (SSSR count). The number of H-pyrrole nitrogens is 1. The summed E-state index contributed by atoms with van der Waals surface area (Å²) in [6.07, 6.45) is 5.74. The maximum atomic E-state index is 13.6. The molecule has 4 heterocycles. The number of nitrogens with one attached hydrogen (secondary N) is 2. The lowest BCUT2D eigenvalue weighted by molar-refractivity contribution is 0.0523. The highest BCUT2D eigenvalue weighted by Crippen LogP contribution is 2.32. The molecule has 0 radical (unpaired) electrons. The van der Waals surface area contributed by atoms with E-state index in [0.717, 1.165) is 0 Å². The summed E-state index contributed by atoms with van der Waals surface area (Å²) in [6.45, 7) is 5.53. The molecular formula is C25H24ClN5O4.